The van der Waals surface area contributed by atoms with Crippen molar-refractivity contribution < 1.29 is 0 Å². The molecule has 1 atom stereocenters. The maximum absolute atomic E-state index is 3.62. The second-order valence-electron chi connectivity index (χ2n) is 6.53. The molecule has 23 heavy (non-hydrogen) atoms. The number of aromatic amines is 1. The first-order valence-electron chi connectivity index (χ1n) is 8.74. The Kier molecular flexibility index (Phi) is 3.78. The van der Waals surface area contributed by atoms with Crippen molar-refractivity contribution in [3.63, 3.8) is 0 Å². The maximum Gasteiger partial charge on any atom is 0.0456 e. The Morgan fingerprint density at radius 3 is 2.65 bits per heavy atom. The smallest absolute Gasteiger partial charge is 0.0456 e. The number of hydrogen-bond acceptors (Lipinski definition) is 0. The molecule has 1 aromatic heterocycles. The van der Waals surface area contributed by atoms with E-state index in [4.69, 9.17) is 0 Å². The maximum atomic E-state index is 3.62. The van der Waals surface area contributed by atoms with Crippen molar-refractivity contribution in [1.29, 1.82) is 0 Å². The number of para-hydroxylation sites is 1. The third-order valence-corrected chi connectivity index (χ3v) is 4.95. The van der Waals surface area contributed by atoms with Crippen molar-refractivity contribution >= 4 is 16.5 Å². The van der Waals surface area contributed by atoms with Crippen molar-refractivity contribution in [2.24, 2.45) is 0 Å². The minimum Gasteiger partial charge on any atom is -0.358 e. The van der Waals surface area contributed by atoms with Gasteiger partial charge in [-0.3, -0.25) is 0 Å². The summed E-state index contributed by atoms with van der Waals surface area (Å²) in [6.07, 6.45) is 7.56. The molecule has 0 aliphatic heterocycles. The SMILES string of the molecule is CCCCCC1=CC(c2cc3ccccc3[nH]2)c2ccccc21. The van der Waals surface area contributed by atoms with E-state index in [1.807, 2.05) is 0 Å². The third-order valence-electron chi connectivity index (χ3n) is 4.95. The summed E-state index contributed by atoms with van der Waals surface area (Å²) in [5, 5.41) is 1.30. The van der Waals surface area contributed by atoms with Gasteiger partial charge in [-0.05, 0) is 47.1 Å². The van der Waals surface area contributed by atoms with Crippen molar-refractivity contribution in [2.45, 2.75) is 38.5 Å². The zero-order valence-electron chi connectivity index (χ0n) is 13.7. The average Bonchev–Trinajstić information content (AvgIpc) is 3.16. The highest BCUT2D eigenvalue weighted by molar-refractivity contribution is 5.82. The van der Waals surface area contributed by atoms with Crippen LogP contribution in [-0.4, -0.2) is 4.98 Å². The van der Waals surface area contributed by atoms with Gasteiger partial charge in [0.1, 0.15) is 0 Å². The monoisotopic (exact) mass is 301 g/mol. The van der Waals surface area contributed by atoms with E-state index in [9.17, 15) is 0 Å². The van der Waals surface area contributed by atoms with Crippen molar-refractivity contribution in [3.8, 4) is 0 Å². The van der Waals surface area contributed by atoms with Crippen molar-refractivity contribution in [2.75, 3.05) is 0 Å². The van der Waals surface area contributed by atoms with Gasteiger partial charge in [-0.1, -0.05) is 68.3 Å². The molecule has 1 heterocycles. The number of H-pyrrole nitrogens is 1. The molecule has 0 radical (unpaired) electrons. The number of hydrogen-bond donors (Lipinski definition) is 1. The van der Waals surface area contributed by atoms with E-state index < -0.39 is 0 Å². The van der Waals surface area contributed by atoms with Crippen LogP contribution in [0.2, 0.25) is 0 Å². The summed E-state index contributed by atoms with van der Waals surface area (Å²) < 4.78 is 0. The molecule has 1 heteroatoms. The van der Waals surface area contributed by atoms with E-state index >= 15 is 0 Å². The van der Waals surface area contributed by atoms with Crippen LogP contribution in [0.3, 0.4) is 0 Å². The lowest BCUT2D eigenvalue weighted by atomic mass is 9.97. The molecule has 0 fully saturated rings. The Balaban J connectivity index is 1.72. The largest absolute Gasteiger partial charge is 0.358 e. The highest BCUT2D eigenvalue weighted by Crippen LogP contribution is 2.42. The van der Waals surface area contributed by atoms with Crippen LogP contribution in [0.1, 0.15) is 55.3 Å². The first-order valence-corrected chi connectivity index (χ1v) is 8.74. The fourth-order valence-electron chi connectivity index (χ4n) is 3.75. The van der Waals surface area contributed by atoms with Gasteiger partial charge < -0.3 is 4.98 Å². The molecular weight excluding hydrogens is 278 g/mol. The molecule has 4 rings (SSSR count). The number of unbranched alkanes of at least 4 members (excludes halogenated alkanes) is 2. The van der Waals surface area contributed by atoms with Gasteiger partial charge in [-0.2, -0.15) is 0 Å². The van der Waals surface area contributed by atoms with Crippen LogP contribution in [0.5, 0.6) is 0 Å². The molecule has 0 saturated heterocycles. The van der Waals surface area contributed by atoms with Crippen molar-refractivity contribution in [1.82, 2.24) is 4.98 Å². The van der Waals surface area contributed by atoms with E-state index in [-0.39, 0.29) is 0 Å². The topological polar surface area (TPSA) is 15.8 Å². The van der Waals surface area contributed by atoms with Gasteiger partial charge in [0.25, 0.3) is 0 Å². The van der Waals surface area contributed by atoms with E-state index in [0.29, 0.717) is 5.92 Å². The molecule has 0 saturated carbocycles. The zero-order valence-corrected chi connectivity index (χ0v) is 13.7. The molecule has 1 aliphatic rings. The second kappa shape index (κ2) is 6.08. The third kappa shape index (κ3) is 2.61. The van der Waals surface area contributed by atoms with Gasteiger partial charge in [-0.15, -0.1) is 0 Å². The number of nitrogens with one attached hydrogen (secondary N) is 1. The Morgan fingerprint density at radius 2 is 1.78 bits per heavy atom. The van der Waals surface area contributed by atoms with Crippen LogP contribution in [0.15, 0.2) is 60.7 Å². The Bertz CT molecular complexity index is 820. The summed E-state index contributed by atoms with van der Waals surface area (Å²) in [6, 6.07) is 19.8. The van der Waals surface area contributed by atoms with Crippen LogP contribution in [-0.2, 0) is 0 Å². The first-order chi connectivity index (χ1) is 11.4. The number of fused-ring (bicyclic) bond motifs is 2. The zero-order chi connectivity index (χ0) is 15.6. The van der Waals surface area contributed by atoms with E-state index in [0.717, 1.165) is 0 Å². The molecule has 1 unspecified atom stereocenters. The quantitative estimate of drug-likeness (QED) is 0.534. The predicted octanol–water partition coefficient (Wildman–Crippen LogP) is 6.28. The Hall–Kier alpha value is -2.28. The fourth-order valence-corrected chi connectivity index (χ4v) is 3.75. The van der Waals surface area contributed by atoms with Gasteiger partial charge in [-0.25, -0.2) is 0 Å². The second-order valence-corrected chi connectivity index (χ2v) is 6.53. The molecule has 1 nitrogen and oxygen atoms in total. The lowest BCUT2D eigenvalue weighted by molar-refractivity contribution is 0.735. The van der Waals surface area contributed by atoms with Gasteiger partial charge >= 0.3 is 0 Å². The number of benzene rings is 2. The summed E-state index contributed by atoms with van der Waals surface area (Å²) in [5.74, 6) is 0.371. The average molecular weight is 301 g/mol. The van der Waals surface area contributed by atoms with Crippen molar-refractivity contribution in [3.05, 3.63) is 77.5 Å². The van der Waals surface area contributed by atoms with Gasteiger partial charge in [0.05, 0.1) is 0 Å². The summed E-state index contributed by atoms with van der Waals surface area (Å²) in [4.78, 5) is 3.62. The van der Waals surface area contributed by atoms with Gasteiger partial charge in [0, 0.05) is 17.1 Å². The predicted molar refractivity (Wildman–Crippen MR) is 98.7 cm³/mol. The molecule has 3 aromatic rings. The molecular formula is C22H23N. The van der Waals surface area contributed by atoms with E-state index in [1.165, 1.54) is 59.0 Å². The summed E-state index contributed by atoms with van der Waals surface area (Å²) in [5.41, 5.74) is 6.97. The van der Waals surface area contributed by atoms with Crippen LogP contribution < -0.4 is 0 Å². The fraction of sp³-hybridized carbons (Fsp3) is 0.273. The lowest BCUT2D eigenvalue weighted by Crippen LogP contribution is -1.95. The summed E-state index contributed by atoms with van der Waals surface area (Å²) in [7, 11) is 0. The highest BCUT2D eigenvalue weighted by atomic mass is 14.7. The molecule has 0 spiro atoms. The number of aromatic nitrogens is 1. The highest BCUT2D eigenvalue weighted by Gasteiger charge is 2.25. The molecule has 1 aliphatic carbocycles. The summed E-state index contributed by atoms with van der Waals surface area (Å²) >= 11 is 0. The number of rotatable bonds is 5. The summed E-state index contributed by atoms with van der Waals surface area (Å²) in [6.45, 7) is 2.27. The Labute approximate surface area is 138 Å². The molecule has 116 valence electrons. The van der Waals surface area contributed by atoms with Crippen LogP contribution in [0, 0.1) is 0 Å². The van der Waals surface area contributed by atoms with E-state index in [1.54, 1.807) is 0 Å². The number of allylic oxidation sites excluding steroid dienone is 2. The Morgan fingerprint density at radius 1 is 0.957 bits per heavy atom. The molecule has 0 bridgehead atoms. The molecule has 1 N–H and O–H groups in total. The minimum absolute atomic E-state index is 0.371. The lowest BCUT2D eigenvalue weighted by Gasteiger charge is -2.09. The van der Waals surface area contributed by atoms with Gasteiger partial charge in [0.2, 0.25) is 0 Å². The molecule has 2 aromatic carbocycles. The van der Waals surface area contributed by atoms with E-state index in [2.05, 4.69) is 72.6 Å². The van der Waals surface area contributed by atoms with Crippen LogP contribution in [0.25, 0.3) is 16.5 Å². The molecule has 0 amide bonds. The van der Waals surface area contributed by atoms with Gasteiger partial charge in [0.15, 0.2) is 0 Å². The standard InChI is InChI=1S/C22H23N/c1-2-3-4-9-16-14-20(19-12-7-6-11-18(16)19)22-15-17-10-5-8-13-21(17)23-22/h5-8,10-15,20,23H,2-4,9H2,1H3. The van der Waals surface area contributed by atoms with Crippen LogP contribution >= 0.6 is 0 Å². The normalized spacial score (nSPS) is 16.6. The first kappa shape index (κ1) is 14.3. The van der Waals surface area contributed by atoms with Crippen LogP contribution in [0.4, 0.5) is 0 Å². The minimum atomic E-state index is 0.371.